The van der Waals surface area contributed by atoms with E-state index in [9.17, 15) is 4.79 Å². The number of aromatic nitrogens is 5. The number of anilines is 1. The smallest absolute Gasteiger partial charge is 0.276 e. The van der Waals surface area contributed by atoms with E-state index in [1.807, 2.05) is 12.1 Å². The fourth-order valence-corrected chi connectivity index (χ4v) is 1.91. The molecule has 3 aromatic rings. The second-order valence-electron chi connectivity index (χ2n) is 4.29. The van der Waals surface area contributed by atoms with E-state index in [4.69, 9.17) is 5.73 Å². The van der Waals surface area contributed by atoms with Crippen LogP contribution in [0.5, 0.6) is 0 Å². The summed E-state index contributed by atoms with van der Waals surface area (Å²) in [5.41, 5.74) is 7.53. The number of nitrogen functional groups attached to an aromatic ring is 1. The number of rotatable bonds is 2. The van der Waals surface area contributed by atoms with Crippen molar-refractivity contribution in [3.05, 3.63) is 52.2 Å². The predicted octanol–water partition coefficient (Wildman–Crippen LogP) is 0.225. The van der Waals surface area contributed by atoms with Gasteiger partial charge in [0.1, 0.15) is 12.0 Å². The Morgan fingerprint density at radius 1 is 1.26 bits per heavy atom. The Hall–Kier alpha value is -2.70. The maximum atomic E-state index is 12.1. The molecule has 0 saturated carbocycles. The summed E-state index contributed by atoms with van der Waals surface area (Å²) in [5, 5.41) is 11.8. The minimum Gasteiger partial charge on any atom is -0.399 e. The van der Waals surface area contributed by atoms with E-state index in [1.165, 1.54) is 10.8 Å². The van der Waals surface area contributed by atoms with E-state index in [1.54, 1.807) is 23.6 Å². The zero-order valence-electron chi connectivity index (χ0n) is 10.3. The summed E-state index contributed by atoms with van der Waals surface area (Å²) < 4.78 is 3.04. The summed E-state index contributed by atoms with van der Waals surface area (Å²) in [7, 11) is 0. The lowest BCUT2D eigenvalue weighted by molar-refractivity contribution is 0.701. The van der Waals surface area contributed by atoms with Gasteiger partial charge >= 0.3 is 0 Å². The van der Waals surface area contributed by atoms with Crippen LogP contribution in [0.1, 0.15) is 11.3 Å². The molecule has 0 bridgehead atoms. The van der Waals surface area contributed by atoms with Crippen molar-refractivity contribution in [2.45, 2.75) is 13.5 Å². The Bertz CT molecular complexity index is 786. The molecule has 0 fully saturated rings. The van der Waals surface area contributed by atoms with Gasteiger partial charge in [0.05, 0.1) is 6.54 Å². The summed E-state index contributed by atoms with van der Waals surface area (Å²) in [5.74, 6) is 0.424. The van der Waals surface area contributed by atoms with Crippen molar-refractivity contribution in [3.63, 3.8) is 0 Å². The van der Waals surface area contributed by atoms with Gasteiger partial charge in [0.15, 0.2) is 0 Å². The van der Waals surface area contributed by atoms with Crippen LogP contribution < -0.4 is 11.3 Å². The minimum absolute atomic E-state index is 0.169. The van der Waals surface area contributed by atoms with Crippen molar-refractivity contribution in [2.75, 3.05) is 5.73 Å². The van der Waals surface area contributed by atoms with Gasteiger partial charge in [-0.25, -0.2) is 0 Å². The highest BCUT2D eigenvalue weighted by atomic mass is 16.1. The molecule has 0 radical (unpaired) electrons. The topological polar surface area (TPSA) is 91.1 Å². The number of benzene rings is 1. The van der Waals surface area contributed by atoms with Gasteiger partial charge in [-0.2, -0.15) is 9.61 Å². The molecule has 3 rings (SSSR count). The van der Waals surface area contributed by atoms with Gasteiger partial charge in [-0.05, 0) is 24.6 Å². The lowest BCUT2D eigenvalue weighted by atomic mass is 10.2. The zero-order valence-corrected chi connectivity index (χ0v) is 10.3. The maximum Gasteiger partial charge on any atom is 0.276 e. The van der Waals surface area contributed by atoms with Crippen LogP contribution in [0, 0.1) is 6.92 Å². The van der Waals surface area contributed by atoms with Crippen LogP contribution in [0.2, 0.25) is 0 Å². The van der Waals surface area contributed by atoms with Crippen molar-refractivity contribution < 1.29 is 0 Å². The number of nitrogens with zero attached hydrogens (tertiary/aromatic N) is 5. The largest absolute Gasteiger partial charge is 0.399 e. The highest BCUT2D eigenvalue weighted by Crippen LogP contribution is 2.07. The molecule has 0 saturated heterocycles. The number of aryl methyl sites for hydroxylation is 1. The molecule has 2 heterocycles. The fourth-order valence-electron chi connectivity index (χ4n) is 1.91. The summed E-state index contributed by atoms with van der Waals surface area (Å²) in [4.78, 5) is 12.1. The third kappa shape index (κ3) is 1.95. The average Bonchev–Trinajstić information content (AvgIpc) is 2.85. The summed E-state index contributed by atoms with van der Waals surface area (Å²) in [6, 6.07) is 7.36. The van der Waals surface area contributed by atoms with Crippen LogP contribution in [-0.4, -0.2) is 24.4 Å². The molecule has 7 heteroatoms. The van der Waals surface area contributed by atoms with Crippen molar-refractivity contribution in [1.82, 2.24) is 24.4 Å². The molecule has 0 aliphatic rings. The highest BCUT2D eigenvalue weighted by molar-refractivity contribution is 5.39. The first-order valence-electron chi connectivity index (χ1n) is 5.77. The van der Waals surface area contributed by atoms with Crippen molar-refractivity contribution in [3.8, 4) is 0 Å². The van der Waals surface area contributed by atoms with Crippen LogP contribution in [0.4, 0.5) is 5.69 Å². The Labute approximate surface area is 108 Å². The van der Waals surface area contributed by atoms with E-state index < -0.39 is 0 Å². The molecular weight excluding hydrogens is 244 g/mol. The molecule has 96 valence electrons. The van der Waals surface area contributed by atoms with Crippen molar-refractivity contribution in [1.29, 1.82) is 0 Å². The number of fused-ring (bicyclic) bond motifs is 1. The Morgan fingerprint density at radius 3 is 2.74 bits per heavy atom. The SMILES string of the molecule is Cc1nn2cnnc2n(Cc2ccc(N)cc2)c1=O. The van der Waals surface area contributed by atoms with Gasteiger partial charge in [0.25, 0.3) is 11.3 Å². The predicted molar refractivity (Wildman–Crippen MR) is 69.7 cm³/mol. The Morgan fingerprint density at radius 2 is 2.00 bits per heavy atom. The monoisotopic (exact) mass is 256 g/mol. The molecule has 0 atom stereocenters. The number of hydrogen-bond acceptors (Lipinski definition) is 5. The number of hydrogen-bond donors (Lipinski definition) is 1. The lowest BCUT2D eigenvalue weighted by Crippen LogP contribution is -2.27. The van der Waals surface area contributed by atoms with Crippen LogP contribution >= 0.6 is 0 Å². The second-order valence-corrected chi connectivity index (χ2v) is 4.29. The standard InChI is InChI=1S/C12H12N6O/c1-8-11(19)17(12-15-14-7-18(12)16-8)6-9-2-4-10(13)5-3-9/h2-5,7H,6,13H2,1H3. The average molecular weight is 256 g/mol. The third-order valence-corrected chi connectivity index (χ3v) is 2.89. The molecule has 0 aliphatic carbocycles. The molecule has 0 unspecified atom stereocenters. The van der Waals surface area contributed by atoms with Crippen LogP contribution in [-0.2, 0) is 6.54 Å². The van der Waals surface area contributed by atoms with Gasteiger partial charge in [0.2, 0.25) is 0 Å². The Balaban J connectivity index is 2.14. The third-order valence-electron chi connectivity index (χ3n) is 2.89. The maximum absolute atomic E-state index is 12.1. The van der Waals surface area contributed by atoms with Gasteiger partial charge in [-0.15, -0.1) is 10.2 Å². The molecule has 7 nitrogen and oxygen atoms in total. The molecule has 0 spiro atoms. The molecule has 2 aromatic heterocycles. The molecule has 19 heavy (non-hydrogen) atoms. The Kier molecular flexibility index (Phi) is 2.52. The minimum atomic E-state index is -0.169. The molecule has 0 amide bonds. The van der Waals surface area contributed by atoms with E-state index >= 15 is 0 Å². The van der Waals surface area contributed by atoms with Gasteiger partial charge < -0.3 is 5.73 Å². The second kappa shape index (κ2) is 4.20. The molecule has 2 N–H and O–H groups in total. The van der Waals surface area contributed by atoms with E-state index in [-0.39, 0.29) is 5.56 Å². The van der Waals surface area contributed by atoms with Gasteiger partial charge in [-0.3, -0.25) is 9.36 Å². The fraction of sp³-hybridized carbons (Fsp3) is 0.167. The molecule has 1 aromatic carbocycles. The van der Waals surface area contributed by atoms with Crippen LogP contribution in [0.25, 0.3) is 5.78 Å². The number of nitrogens with two attached hydrogens (primary N) is 1. The van der Waals surface area contributed by atoms with Gasteiger partial charge in [-0.1, -0.05) is 12.1 Å². The molecular formula is C12H12N6O. The van der Waals surface area contributed by atoms with Crippen molar-refractivity contribution in [2.24, 2.45) is 0 Å². The summed E-state index contributed by atoms with van der Waals surface area (Å²) >= 11 is 0. The van der Waals surface area contributed by atoms with Crippen molar-refractivity contribution >= 4 is 11.5 Å². The first kappa shape index (κ1) is 11.4. The van der Waals surface area contributed by atoms with Crippen LogP contribution in [0.15, 0.2) is 35.4 Å². The van der Waals surface area contributed by atoms with Crippen LogP contribution in [0.3, 0.4) is 0 Å². The summed E-state index contributed by atoms with van der Waals surface area (Å²) in [6.45, 7) is 2.08. The van der Waals surface area contributed by atoms with E-state index in [0.717, 1.165) is 5.56 Å². The molecule has 0 aliphatic heterocycles. The van der Waals surface area contributed by atoms with Gasteiger partial charge in [0, 0.05) is 5.69 Å². The quantitative estimate of drug-likeness (QED) is 0.662. The van der Waals surface area contributed by atoms with E-state index in [0.29, 0.717) is 23.7 Å². The normalized spacial score (nSPS) is 11.0. The first-order valence-corrected chi connectivity index (χ1v) is 5.77. The zero-order chi connectivity index (χ0) is 13.4. The summed E-state index contributed by atoms with van der Waals surface area (Å²) in [6.07, 6.45) is 1.47. The van der Waals surface area contributed by atoms with E-state index in [2.05, 4.69) is 15.3 Å². The highest BCUT2D eigenvalue weighted by Gasteiger charge is 2.10. The lowest BCUT2D eigenvalue weighted by Gasteiger charge is -2.08. The first-order chi connectivity index (χ1) is 9.15.